The molecule has 1 aliphatic rings. The normalized spacial score (nSPS) is 14.7. The molecule has 0 spiro atoms. The van der Waals surface area contributed by atoms with Crippen LogP contribution in [0.2, 0.25) is 0 Å². The molecule has 0 heterocycles. The van der Waals surface area contributed by atoms with E-state index in [1.165, 1.54) is 12.8 Å². The Balaban J connectivity index is 1.98. The second-order valence-corrected chi connectivity index (χ2v) is 3.89. The summed E-state index contributed by atoms with van der Waals surface area (Å²) in [5, 5.41) is 5.00. The minimum atomic E-state index is -0.591. The first-order valence-electron chi connectivity index (χ1n) is 5.50. The van der Waals surface area contributed by atoms with Gasteiger partial charge in [-0.2, -0.15) is 0 Å². The maximum absolute atomic E-state index is 11.1. The van der Waals surface area contributed by atoms with Crippen LogP contribution in [0.3, 0.4) is 0 Å². The van der Waals surface area contributed by atoms with Crippen molar-refractivity contribution in [1.29, 1.82) is 0 Å². The van der Waals surface area contributed by atoms with Gasteiger partial charge in [0.15, 0.2) is 0 Å². The van der Waals surface area contributed by atoms with E-state index in [0.717, 1.165) is 18.8 Å². The van der Waals surface area contributed by atoms with E-state index < -0.39 is 11.8 Å². The minimum absolute atomic E-state index is 0.342. The van der Waals surface area contributed by atoms with Crippen LogP contribution in [0.5, 0.6) is 0 Å². The molecule has 0 radical (unpaired) electrons. The van der Waals surface area contributed by atoms with Crippen LogP contribution in [-0.4, -0.2) is 31.4 Å². The van der Waals surface area contributed by atoms with E-state index in [0.29, 0.717) is 19.6 Å². The van der Waals surface area contributed by atoms with Gasteiger partial charge in [0.05, 0.1) is 0 Å². The molecule has 0 atom stereocenters. The third kappa shape index (κ3) is 5.37. The average Bonchev–Trinajstić information content (AvgIpc) is 3.04. The first kappa shape index (κ1) is 12.0. The molecule has 0 aromatic rings. The van der Waals surface area contributed by atoms with Crippen LogP contribution in [0, 0.1) is 5.92 Å². The highest BCUT2D eigenvalue weighted by Gasteiger charge is 2.20. The molecule has 5 heteroatoms. The molecule has 86 valence electrons. The molecule has 4 N–H and O–H groups in total. The van der Waals surface area contributed by atoms with Crippen LogP contribution in [0.1, 0.15) is 25.7 Å². The van der Waals surface area contributed by atoms with Crippen LogP contribution in [-0.2, 0) is 9.59 Å². The Hall–Kier alpha value is -1.10. The van der Waals surface area contributed by atoms with Crippen molar-refractivity contribution >= 4 is 11.8 Å². The summed E-state index contributed by atoms with van der Waals surface area (Å²) in [6.45, 7) is 1.28. The van der Waals surface area contributed by atoms with Gasteiger partial charge < -0.3 is 16.4 Å². The fourth-order valence-corrected chi connectivity index (χ4v) is 1.35. The fourth-order valence-electron chi connectivity index (χ4n) is 1.35. The minimum Gasteiger partial charge on any atom is -0.348 e. The van der Waals surface area contributed by atoms with Gasteiger partial charge in [-0.1, -0.05) is 12.8 Å². The lowest BCUT2D eigenvalue weighted by Gasteiger charge is -2.04. The highest BCUT2D eigenvalue weighted by Crippen LogP contribution is 2.33. The number of rotatable bonds is 6. The van der Waals surface area contributed by atoms with Gasteiger partial charge in [0.1, 0.15) is 0 Å². The van der Waals surface area contributed by atoms with Crippen molar-refractivity contribution in [2.24, 2.45) is 11.7 Å². The summed E-state index contributed by atoms with van der Waals surface area (Å²) < 4.78 is 0. The van der Waals surface area contributed by atoms with Gasteiger partial charge in [-0.05, 0) is 18.8 Å². The number of carbonyl (C=O) groups excluding carboxylic acids is 2. The van der Waals surface area contributed by atoms with Crippen LogP contribution in [0.25, 0.3) is 0 Å². The third-order valence-electron chi connectivity index (χ3n) is 2.41. The Kier molecular flexibility index (Phi) is 5.10. The zero-order chi connectivity index (χ0) is 11.1. The molecule has 0 aliphatic heterocycles. The molecule has 1 fully saturated rings. The lowest BCUT2D eigenvalue weighted by molar-refractivity contribution is -0.139. The molecule has 1 aliphatic carbocycles. The number of carbonyl (C=O) groups is 2. The van der Waals surface area contributed by atoms with E-state index in [2.05, 4.69) is 10.6 Å². The topological polar surface area (TPSA) is 84.2 Å². The number of nitrogens with two attached hydrogens (primary N) is 1. The smallest absolute Gasteiger partial charge is 0.309 e. The van der Waals surface area contributed by atoms with Gasteiger partial charge in [0.2, 0.25) is 0 Å². The van der Waals surface area contributed by atoms with Crippen molar-refractivity contribution in [2.75, 3.05) is 19.6 Å². The van der Waals surface area contributed by atoms with Crippen molar-refractivity contribution in [2.45, 2.75) is 25.7 Å². The number of hydrogen-bond acceptors (Lipinski definition) is 3. The van der Waals surface area contributed by atoms with E-state index >= 15 is 0 Å². The van der Waals surface area contributed by atoms with Crippen molar-refractivity contribution < 1.29 is 9.59 Å². The highest BCUT2D eigenvalue weighted by atomic mass is 16.2. The summed E-state index contributed by atoms with van der Waals surface area (Å²) in [7, 11) is 0. The lowest BCUT2D eigenvalue weighted by atomic mass is 10.2. The number of amides is 2. The van der Waals surface area contributed by atoms with Gasteiger partial charge in [0, 0.05) is 19.6 Å². The van der Waals surface area contributed by atoms with E-state index in [-0.39, 0.29) is 0 Å². The summed E-state index contributed by atoms with van der Waals surface area (Å²) in [6, 6.07) is 0. The average molecular weight is 213 g/mol. The number of nitrogens with one attached hydrogen (secondary N) is 2. The first-order chi connectivity index (χ1) is 7.24. The lowest BCUT2D eigenvalue weighted by Crippen LogP contribution is -2.41. The van der Waals surface area contributed by atoms with E-state index in [4.69, 9.17) is 5.73 Å². The second kappa shape index (κ2) is 6.40. The predicted molar refractivity (Wildman–Crippen MR) is 57.0 cm³/mol. The Morgan fingerprint density at radius 3 is 2.27 bits per heavy atom. The van der Waals surface area contributed by atoms with Crippen molar-refractivity contribution in [3.05, 3.63) is 0 Å². The van der Waals surface area contributed by atoms with E-state index in [9.17, 15) is 9.59 Å². The van der Waals surface area contributed by atoms with Gasteiger partial charge in [0.25, 0.3) is 0 Å². The fraction of sp³-hybridized carbons (Fsp3) is 0.800. The molecule has 0 aromatic heterocycles. The molecule has 1 rings (SSSR count). The van der Waals surface area contributed by atoms with Gasteiger partial charge in [-0.3, -0.25) is 9.59 Å². The summed E-state index contributed by atoms with van der Waals surface area (Å²) in [6.07, 6.45) is 4.77. The van der Waals surface area contributed by atoms with Gasteiger partial charge in [-0.25, -0.2) is 0 Å². The summed E-state index contributed by atoms with van der Waals surface area (Å²) in [5.74, 6) is -0.279. The molecular formula is C10H19N3O2. The highest BCUT2D eigenvalue weighted by molar-refractivity contribution is 6.35. The predicted octanol–water partition coefficient (Wildman–Crippen LogP) is -0.632. The Morgan fingerprint density at radius 2 is 1.73 bits per heavy atom. The largest absolute Gasteiger partial charge is 0.348 e. The molecule has 2 amide bonds. The summed E-state index contributed by atoms with van der Waals surface area (Å²) in [5.41, 5.74) is 5.19. The first-order valence-corrected chi connectivity index (χ1v) is 5.50. The number of hydrogen-bond donors (Lipinski definition) is 3. The van der Waals surface area contributed by atoms with Gasteiger partial charge >= 0.3 is 11.8 Å². The molecule has 0 unspecified atom stereocenters. The maximum atomic E-state index is 11.1. The quantitative estimate of drug-likeness (QED) is 0.405. The molecule has 0 bridgehead atoms. The van der Waals surface area contributed by atoms with E-state index in [1.807, 2.05) is 0 Å². The van der Waals surface area contributed by atoms with Crippen LogP contribution >= 0.6 is 0 Å². The van der Waals surface area contributed by atoms with Crippen LogP contribution < -0.4 is 16.4 Å². The Morgan fingerprint density at radius 1 is 1.13 bits per heavy atom. The molecule has 0 aromatic carbocycles. The Bertz CT molecular complexity index is 227. The molecule has 1 saturated carbocycles. The van der Waals surface area contributed by atoms with E-state index in [1.54, 1.807) is 0 Å². The van der Waals surface area contributed by atoms with Crippen LogP contribution in [0.15, 0.2) is 0 Å². The third-order valence-corrected chi connectivity index (χ3v) is 2.41. The van der Waals surface area contributed by atoms with Crippen molar-refractivity contribution in [3.63, 3.8) is 0 Å². The monoisotopic (exact) mass is 213 g/mol. The summed E-state index contributed by atoms with van der Waals surface area (Å²) >= 11 is 0. The summed E-state index contributed by atoms with van der Waals surface area (Å²) in [4.78, 5) is 22.2. The maximum Gasteiger partial charge on any atom is 0.309 e. The van der Waals surface area contributed by atoms with Crippen molar-refractivity contribution in [1.82, 2.24) is 10.6 Å². The standard InChI is InChI=1S/C10H19N3O2/c11-5-7-13-10(15)9(14)12-6-1-2-8-3-4-8/h8H,1-7,11H2,(H,12,14)(H,13,15). The zero-order valence-electron chi connectivity index (χ0n) is 8.92. The molecular weight excluding hydrogens is 194 g/mol. The molecule has 0 saturated heterocycles. The molecule has 5 nitrogen and oxygen atoms in total. The SMILES string of the molecule is NCCNC(=O)C(=O)NCCCC1CC1. The Labute approximate surface area is 89.8 Å². The zero-order valence-corrected chi connectivity index (χ0v) is 8.92. The second-order valence-electron chi connectivity index (χ2n) is 3.89. The van der Waals surface area contributed by atoms with Crippen LogP contribution in [0.4, 0.5) is 0 Å². The van der Waals surface area contributed by atoms with Crippen molar-refractivity contribution in [3.8, 4) is 0 Å². The van der Waals surface area contributed by atoms with Gasteiger partial charge in [-0.15, -0.1) is 0 Å². The molecule has 15 heavy (non-hydrogen) atoms.